The molecule has 0 atom stereocenters. The summed E-state index contributed by atoms with van der Waals surface area (Å²) in [5, 5.41) is 21.3. The molecule has 0 amide bonds. The SMILES string of the molecule is CCCCCCC1N(Cc2cccc(OC)c2O)CCCN1Cc1cccc(OC)c1O. The first kappa shape index (κ1) is 24.2. The average molecular weight is 443 g/mol. The Kier molecular flexibility index (Phi) is 9.06. The van der Waals surface area contributed by atoms with Gasteiger partial charge in [0.15, 0.2) is 23.0 Å². The van der Waals surface area contributed by atoms with Gasteiger partial charge in [-0.05, 0) is 25.0 Å². The van der Waals surface area contributed by atoms with E-state index in [1.165, 1.54) is 25.7 Å². The van der Waals surface area contributed by atoms with E-state index in [4.69, 9.17) is 9.47 Å². The van der Waals surface area contributed by atoms with Crippen molar-refractivity contribution in [2.75, 3.05) is 27.3 Å². The summed E-state index contributed by atoms with van der Waals surface area (Å²) in [7, 11) is 3.16. The van der Waals surface area contributed by atoms with Crippen LogP contribution in [0, 0.1) is 0 Å². The Hall–Kier alpha value is -2.44. The highest BCUT2D eigenvalue weighted by molar-refractivity contribution is 5.46. The molecule has 6 nitrogen and oxygen atoms in total. The van der Waals surface area contributed by atoms with Gasteiger partial charge < -0.3 is 19.7 Å². The van der Waals surface area contributed by atoms with Crippen LogP contribution in [-0.2, 0) is 13.1 Å². The van der Waals surface area contributed by atoms with Gasteiger partial charge in [-0.15, -0.1) is 0 Å². The molecule has 1 aliphatic rings. The fourth-order valence-electron chi connectivity index (χ4n) is 4.65. The Balaban J connectivity index is 1.81. The quantitative estimate of drug-likeness (QED) is 0.471. The summed E-state index contributed by atoms with van der Waals surface area (Å²) in [5.74, 6) is 1.47. The van der Waals surface area contributed by atoms with Crippen LogP contribution in [0.25, 0.3) is 0 Å². The number of para-hydroxylation sites is 2. The largest absolute Gasteiger partial charge is 0.504 e. The van der Waals surface area contributed by atoms with Gasteiger partial charge in [-0.3, -0.25) is 9.80 Å². The molecule has 3 rings (SSSR count). The summed E-state index contributed by atoms with van der Waals surface area (Å²) in [6.07, 6.45) is 7.21. The van der Waals surface area contributed by atoms with E-state index in [2.05, 4.69) is 16.7 Å². The molecule has 0 spiro atoms. The normalized spacial score (nSPS) is 15.7. The molecule has 1 heterocycles. The van der Waals surface area contributed by atoms with Gasteiger partial charge >= 0.3 is 0 Å². The molecule has 1 fully saturated rings. The Morgan fingerprint density at radius 3 is 1.81 bits per heavy atom. The third-order valence-electron chi connectivity index (χ3n) is 6.40. The lowest BCUT2D eigenvalue weighted by molar-refractivity contribution is -0.0141. The molecule has 1 aliphatic heterocycles. The molecular formula is C26H38N2O4. The molecule has 0 radical (unpaired) electrons. The monoisotopic (exact) mass is 442 g/mol. The lowest BCUT2D eigenvalue weighted by Crippen LogP contribution is -2.52. The average Bonchev–Trinajstić information content (AvgIpc) is 2.80. The second kappa shape index (κ2) is 12.0. The fourth-order valence-corrected chi connectivity index (χ4v) is 4.65. The van der Waals surface area contributed by atoms with Gasteiger partial charge in [0, 0.05) is 37.3 Å². The van der Waals surface area contributed by atoms with Crippen molar-refractivity contribution in [3.63, 3.8) is 0 Å². The summed E-state index contributed by atoms with van der Waals surface area (Å²) in [4.78, 5) is 4.92. The van der Waals surface area contributed by atoms with Crippen LogP contribution in [0.5, 0.6) is 23.0 Å². The molecule has 2 N–H and O–H groups in total. The summed E-state index contributed by atoms with van der Waals surface area (Å²) in [5.41, 5.74) is 1.77. The Morgan fingerprint density at radius 2 is 1.34 bits per heavy atom. The van der Waals surface area contributed by atoms with Crippen molar-refractivity contribution in [3.05, 3.63) is 47.5 Å². The van der Waals surface area contributed by atoms with Crippen LogP contribution in [0.3, 0.4) is 0 Å². The van der Waals surface area contributed by atoms with Crippen molar-refractivity contribution >= 4 is 0 Å². The predicted octanol–water partition coefficient (Wildman–Crippen LogP) is 5.12. The van der Waals surface area contributed by atoms with Crippen molar-refractivity contribution in [3.8, 4) is 23.0 Å². The first-order chi connectivity index (χ1) is 15.6. The molecule has 0 saturated carbocycles. The Morgan fingerprint density at radius 1 is 0.812 bits per heavy atom. The standard InChI is InChI=1S/C26H38N2O4/c1-4-5-6-7-15-24-27(18-20-11-8-13-22(31-2)25(20)29)16-10-17-28(24)19-21-12-9-14-23(32-3)26(21)30/h8-9,11-14,24,29-30H,4-7,10,15-19H2,1-3H3. The predicted molar refractivity (Wildman–Crippen MR) is 127 cm³/mol. The van der Waals surface area contributed by atoms with Gasteiger partial charge in [-0.2, -0.15) is 0 Å². The molecule has 176 valence electrons. The van der Waals surface area contributed by atoms with Gasteiger partial charge in [0.05, 0.1) is 20.4 Å². The van der Waals surface area contributed by atoms with E-state index < -0.39 is 0 Å². The maximum Gasteiger partial charge on any atom is 0.162 e. The van der Waals surface area contributed by atoms with Gasteiger partial charge in [0.1, 0.15) is 0 Å². The van der Waals surface area contributed by atoms with Crippen LogP contribution in [0.2, 0.25) is 0 Å². The molecule has 0 aliphatic carbocycles. The highest BCUT2D eigenvalue weighted by Gasteiger charge is 2.30. The molecular weight excluding hydrogens is 404 g/mol. The first-order valence-corrected chi connectivity index (χ1v) is 11.8. The minimum absolute atomic E-state index is 0.224. The van der Waals surface area contributed by atoms with Crippen LogP contribution < -0.4 is 9.47 Å². The van der Waals surface area contributed by atoms with Crippen molar-refractivity contribution in [2.24, 2.45) is 0 Å². The molecule has 0 aromatic heterocycles. The fraction of sp³-hybridized carbons (Fsp3) is 0.538. The summed E-state index contributed by atoms with van der Waals surface area (Å²) in [6.45, 7) is 5.53. The van der Waals surface area contributed by atoms with Gasteiger partial charge in [0.2, 0.25) is 0 Å². The zero-order chi connectivity index (χ0) is 22.9. The molecule has 32 heavy (non-hydrogen) atoms. The van der Waals surface area contributed by atoms with E-state index in [0.29, 0.717) is 24.6 Å². The number of hydrogen-bond donors (Lipinski definition) is 2. The lowest BCUT2D eigenvalue weighted by Gasteiger charge is -2.44. The lowest BCUT2D eigenvalue weighted by atomic mass is 10.0. The smallest absolute Gasteiger partial charge is 0.162 e. The number of phenolic OH excluding ortho intramolecular Hbond substituents is 2. The maximum atomic E-state index is 10.6. The highest BCUT2D eigenvalue weighted by Crippen LogP contribution is 2.34. The molecule has 0 bridgehead atoms. The number of benzene rings is 2. The van der Waals surface area contributed by atoms with Crippen molar-refractivity contribution in [1.29, 1.82) is 0 Å². The highest BCUT2D eigenvalue weighted by atomic mass is 16.5. The van der Waals surface area contributed by atoms with Gasteiger partial charge in [-0.1, -0.05) is 56.9 Å². The van der Waals surface area contributed by atoms with Gasteiger partial charge in [0.25, 0.3) is 0 Å². The van der Waals surface area contributed by atoms with Crippen molar-refractivity contribution in [2.45, 2.75) is 64.7 Å². The van der Waals surface area contributed by atoms with Crippen LogP contribution >= 0.6 is 0 Å². The zero-order valence-corrected chi connectivity index (χ0v) is 19.7. The second-order valence-corrected chi connectivity index (χ2v) is 8.56. The topological polar surface area (TPSA) is 65.4 Å². The number of aromatic hydroxyl groups is 2. The minimum Gasteiger partial charge on any atom is -0.504 e. The van der Waals surface area contributed by atoms with E-state index >= 15 is 0 Å². The number of nitrogens with zero attached hydrogens (tertiary/aromatic N) is 2. The molecule has 1 saturated heterocycles. The van der Waals surface area contributed by atoms with E-state index in [1.807, 2.05) is 24.3 Å². The van der Waals surface area contributed by atoms with Gasteiger partial charge in [-0.25, -0.2) is 0 Å². The molecule has 0 unspecified atom stereocenters. The number of methoxy groups -OCH3 is 2. The summed E-state index contributed by atoms with van der Waals surface area (Å²) in [6, 6.07) is 11.4. The van der Waals surface area contributed by atoms with E-state index in [1.54, 1.807) is 26.4 Å². The number of hydrogen-bond acceptors (Lipinski definition) is 6. The maximum absolute atomic E-state index is 10.6. The number of ether oxygens (including phenoxy) is 2. The minimum atomic E-state index is 0.224. The summed E-state index contributed by atoms with van der Waals surface area (Å²) >= 11 is 0. The van der Waals surface area contributed by atoms with E-state index in [9.17, 15) is 10.2 Å². The number of rotatable bonds is 11. The zero-order valence-electron chi connectivity index (χ0n) is 19.7. The van der Waals surface area contributed by atoms with Crippen LogP contribution in [-0.4, -0.2) is 53.5 Å². The number of phenols is 2. The Bertz CT molecular complexity index is 794. The molecule has 6 heteroatoms. The van der Waals surface area contributed by atoms with Crippen LogP contribution in [0.4, 0.5) is 0 Å². The van der Waals surface area contributed by atoms with Crippen molar-refractivity contribution < 1.29 is 19.7 Å². The third-order valence-corrected chi connectivity index (χ3v) is 6.40. The van der Waals surface area contributed by atoms with Crippen LogP contribution in [0.15, 0.2) is 36.4 Å². The van der Waals surface area contributed by atoms with Crippen molar-refractivity contribution in [1.82, 2.24) is 9.80 Å². The second-order valence-electron chi connectivity index (χ2n) is 8.56. The molecule has 2 aromatic rings. The first-order valence-electron chi connectivity index (χ1n) is 11.8. The molecule has 2 aromatic carbocycles. The van der Waals surface area contributed by atoms with E-state index in [0.717, 1.165) is 37.1 Å². The van der Waals surface area contributed by atoms with Crippen LogP contribution in [0.1, 0.15) is 56.6 Å². The van der Waals surface area contributed by atoms with E-state index in [-0.39, 0.29) is 17.7 Å². The Labute approximate surface area is 192 Å². The summed E-state index contributed by atoms with van der Waals surface area (Å²) < 4.78 is 10.6. The third kappa shape index (κ3) is 5.87. The number of unbranched alkanes of at least 4 members (excludes halogenated alkanes) is 3.